The monoisotopic (exact) mass is 716 g/mol. The van der Waals surface area contributed by atoms with E-state index in [1.165, 1.54) is 10.8 Å². The summed E-state index contributed by atoms with van der Waals surface area (Å²) in [5.41, 5.74) is 12.0. The Hall–Kier alpha value is -7.56. The fourth-order valence-electron chi connectivity index (χ4n) is 9.00. The number of benzene rings is 9. The summed E-state index contributed by atoms with van der Waals surface area (Å²) in [7, 11) is 0. The van der Waals surface area contributed by atoms with Crippen LogP contribution in [0.3, 0.4) is 0 Å². The van der Waals surface area contributed by atoms with E-state index in [1.54, 1.807) is 0 Å². The normalized spacial score (nSPS) is 11.9. The van der Waals surface area contributed by atoms with Crippen molar-refractivity contribution >= 4 is 93.5 Å². The second-order valence-electron chi connectivity index (χ2n) is 14.4. The highest BCUT2D eigenvalue weighted by atomic mass is 16.3. The molecule has 4 heteroatoms. The van der Waals surface area contributed by atoms with E-state index in [9.17, 15) is 0 Å². The molecule has 0 saturated carbocycles. The van der Waals surface area contributed by atoms with Gasteiger partial charge >= 0.3 is 0 Å². The van der Waals surface area contributed by atoms with E-state index in [2.05, 4.69) is 198 Å². The van der Waals surface area contributed by atoms with Gasteiger partial charge in [-0.2, -0.15) is 0 Å². The van der Waals surface area contributed by atoms with Gasteiger partial charge in [0.1, 0.15) is 16.7 Å². The molecule has 0 aliphatic heterocycles. The van der Waals surface area contributed by atoms with Gasteiger partial charge in [0.15, 0.2) is 5.58 Å². The second-order valence-corrected chi connectivity index (χ2v) is 14.4. The first kappa shape index (κ1) is 30.9. The topological polar surface area (TPSA) is 34.5 Å². The van der Waals surface area contributed by atoms with E-state index in [-0.39, 0.29) is 0 Å². The van der Waals surface area contributed by atoms with E-state index >= 15 is 0 Å². The molecule has 3 aromatic heterocycles. The molecule has 9 aromatic carbocycles. The van der Waals surface area contributed by atoms with Gasteiger partial charge in [-0.05, 0) is 65.5 Å². The first-order chi connectivity index (χ1) is 27.8. The number of anilines is 3. The third kappa shape index (κ3) is 4.41. The van der Waals surface area contributed by atoms with Crippen molar-refractivity contribution < 1.29 is 8.83 Å². The Bertz CT molecular complexity index is 3460. The number of para-hydroxylation sites is 7. The van der Waals surface area contributed by atoms with Crippen LogP contribution in [0.4, 0.5) is 17.1 Å². The molecule has 12 rings (SSSR count). The minimum Gasteiger partial charge on any atom is -0.455 e. The molecular formula is C52H32N2O2. The van der Waals surface area contributed by atoms with Crippen LogP contribution in [-0.2, 0) is 0 Å². The maximum absolute atomic E-state index is 6.82. The zero-order valence-electron chi connectivity index (χ0n) is 30.2. The summed E-state index contributed by atoms with van der Waals surface area (Å²) in [6.07, 6.45) is 0. The molecule has 0 N–H and O–H groups in total. The van der Waals surface area contributed by atoms with E-state index in [0.717, 1.165) is 99.6 Å². The van der Waals surface area contributed by atoms with Gasteiger partial charge in [-0.25, -0.2) is 0 Å². The number of hydrogen-bond acceptors (Lipinski definition) is 3. The van der Waals surface area contributed by atoms with Gasteiger partial charge < -0.3 is 18.3 Å². The average molecular weight is 717 g/mol. The molecule has 0 amide bonds. The smallest absolute Gasteiger partial charge is 0.159 e. The highest BCUT2D eigenvalue weighted by Gasteiger charge is 2.26. The summed E-state index contributed by atoms with van der Waals surface area (Å²) in [5.74, 6) is 0. The van der Waals surface area contributed by atoms with Crippen molar-refractivity contribution in [3.05, 3.63) is 194 Å². The number of rotatable bonds is 5. The van der Waals surface area contributed by atoms with Crippen molar-refractivity contribution in [2.45, 2.75) is 0 Å². The van der Waals surface area contributed by atoms with Gasteiger partial charge in [-0.1, -0.05) is 140 Å². The third-order valence-corrected chi connectivity index (χ3v) is 11.4. The molecule has 0 atom stereocenters. The Morgan fingerprint density at radius 3 is 1.75 bits per heavy atom. The quantitative estimate of drug-likeness (QED) is 0.178. The summed E-state index contributed by atoms with van der Waals surface area (Å²) >= 11 is 0. The fraction of sp³-hybridized carbons (Fsp3) is 0. The Kier molecular flexibility index (Phi) is 6.60. The summed E-state index contributed by atoms with van der Waals surface area (Å²) in [6, 6.07) is 68.9. The van der Waals surface area contributed by atoms with Gasteiger partial charge in [0.05, 0.1) is 33.8 Å². The minimum atomic E-state index is 0.832. The molecule has 0 aliphatic carbocycles. The van der Waals surface area contributed by atoms with Crippen molar-refractivity contribution in [1.29, 1.82) is 0 Å². The number of fused-ring (bicyclic) bond motifs is 11. The van der Waals surface area contributed by atoms with Crippen molar-refractivity contribution in [3.8, 4) is 16.8 Å². The Balaban J connectivity index is 1.19. The predicted octanol–water partition coefficient (Wildman–Crippen LogP) is 14.9. The minimum absolute atomic E-state index is 0.832. The second kappa shape index (κ2) is 12.0. The van der Waals surface area contributed by atoms with Crippen LogP contribution >= 0.6 is 0 Å². The lowest BCUT2D eigenvalue weighted by molar-refractivity contribution is 0.669. The molecule has 4 nitrogen and oxygen atoms in total. The molecule has 0 aliphatic rings. The summed E-state index contributed by atoms with van der Waals surface area (Å²) in [4.78, 5) is 2.40. The Morgan fingerprint density at radius 1 is 0.339 bits per heavy atom. The molecule has 0 radical (unpaired) electrons. The van der Waals surface area contributed by atoms with Crippen LogP contribution in [0.2, 0.25) is 0 Å². The standard InChI is InChI=1S/C52H32N2O2/c1-2-16-34-33(15-1)31-32-41-50-39(21-14-30-49(50)56-51(34)41)37-19-5-9-25-44(37)54(47-28-13-22-40-38-20-6-12-29-48(38)55-52(40)47)46-27-11-10-26-45(46)53-42-23-7-3-17-35(42)36-18-4-8-24-43(36)53/h1-32H. The van der Waals surface area contributed by atoms with Crippen molar-refractivity contribution in [3.63, 3.8) is 0 Å². The molecule has 0 bridgehead atoms. The first-order valence-corrected chi connectivity index (χ1v) is 19.0. The molecule has 0 spiro atoms. The first-order valence-electron chi connectivity index (χ1n) is 19.0. The van der Waals surface area contributed by atoms with Crippen LogP contribution < -0.4 is 4.90 Å². The van der Waals surface area contributed by atoms with Gasteiger partial charge in [-0.3, -0.25) is 0 Å². The van der Waals surface area contributed by atoms with Gasteiger partial charge in [0, 0.05) is 43.3 Å². The summed E-state index contributed by atoms with van der Waals surface area (Å²) in [6.45, 7) is 0. The van der Waals surface area contributed by atoms with Crippen molar-refractivity contribution in [2.75, 3.05) is 4.90 Å². The maximum atomic E-state index is 6.82. The summed E-state index contributed by atoms with van der Waals surface area (Å²) in [5, 5.41) is 9.07. The van der Waals surface area contributed by atoms with Crippen LogP contribution in [0.5, 0.6) is 0 Å². The lowest BCUT2D eigenvalue weighted by Crippen LogP contribution is -2.14. The average Bonchev–Trinajstić information content (AvgIpc) is 3.95. The van der Waals surface area contributed by atoms with E-state index in [0.29, 0.717) is 0 Å². The van der Waals surface area contributed by atoms with E-state index < -0.39 is 0 Å². The number of aromatic nitrogens is 1. The van der Waals surface area contributed by atoms with Crippen molar-refractivity contribution in [1.82, 2.24) is 4.57 Å². The number of nitrogens with zero attached hydrogens (tertiary/aromatic N) is 2. The summed E-state index contributed by atoms with van der Waals surface area (Å²) < 4.78 is 15.9. The largest absolute Gasteiger partial charge is 0.455 e. The van der Waals surface area contributed by atoms with Gasteiger partial charge in [0.25, 0.3) is 0 Å². The molecule has 56 heavy (non-hydrogen) atoms. The highest BCUT2D eigenvalue weighted by Crippen LogP contribution is 2.49. The fourth-order valence-corrected chi connectivity index (χ4v) is 9.00. The van der Waals surface area contributed by atoms with Crippen LogP contribution in [0.25, 0.3) is 93.3 Å². The molecular weight excluding hydrogens is 685 g/mol. The molecule has 12 aromatic rings. The lowest BCUT2D eigenvalue weighted by Gasteiger charge is -2.30. The molecule has 3 heterocycles. The zero-order valence-corrected chi connectivity index (χ0v) is 30.2. The maximum Gasteiger partial charge on any atom is 0.159 e. The van der Waals surface area contributed by atoms with Crippen LogP contribution in [0.1, 0.15) is 0 Å². The highest BCUT2D eigenvalue weighted by molar-refractivity contribution is 6.20. The van der Waals surface area contributed by atoms with E-state index in [1.807, 2.05) is 6.07 Å². The molecule has 0 fully saturated rings. The SMILES string of the molecule is c1ccc(N(c2ccccc2-n2c3ccccc3c3ccccc32)c2cccc3c2oc2ccccc23)c(-c2cccc3oc4c5ccccc5ccc4c23)c1. The number of hydrogen-bond donors (Lipinski definition) is 0. The molecule has 262 valence electrons. The predicted molar refractivity (Wildman–Crippen MR) is 233 cm³/mol. The molecule has 0 saturated heterocycles. The molecule has 0 unspecified atom stereocenters. The van der Waals surface area contributed by atoms with Crippen LogP contribution in [0.15, 0.2) is 203 Å². The van der Waals surface area contributed by atoms with Gasteiger partial charge in [0.2, 0.25) is 0 Å². The lowest BCUT2D eigenvalue weighted by atomic mass is 9.96. The zero-order chi connectivity index (χ0) is 36.7. The van der Waals surface area contributed by atoms with Crippen LogP contribution in [0, 0.1) is 0 Å². The van der Waals surface area contributed by atoms with Crippen LogP contribution in [-0.4, -0.2) is 4.57 Å². The number of furan rings is 2. The Morgan fingerprint density at radius 2 is 0.911 bits per heavy atom. The Labute approximate surface area is 321 Å². The van der Waals surface area contributed by atoms with Crippen molar-refractivity contribution in [2.24, 2.45) is 0 Å². The third-order valence-electron chi connectivity index (χ3n) is 11.4. The van der Waals surface area contributed by atoms with Gasteiger partial charge in [-0.15, -0.1) is 0 Å². The van der Waals surface area contributed by atoms with E-state index in [4.69, 9.17) is 8.83 Å².